The normalized spacial score (nSPS) is 30.1. The zero-order chi connectivity index (χ0) is 16.7. The van der Waals surface area contributed by atoms with Gasteiger partial charge in [-0.2, -0.15) is 0 Å². The Balaban J connectivity index is 1.71. The van der Waals surface area contributed by atoms with Crippen LogP contribution in [-0.4, -0.2) is 65.7 Å². The quantitative estimate of drug-likeness (QED) is 0.796. The maximum Gasteiger partial charge on any atom is 0.211 e. The van der Waals surface area contributed by atoms with Crippen LogP contribution in [0.25, 0.3) is 0 Å². The van der Waals surface area contributed by atoms with Crippen LogP contribution in [0.4, 0.5) is 5.82 Å². The molecule has 0 radical (unpaired) electrons. The van der Waals surface area contributed by atoms with E-state index in [1.165, 1.54) is 10.6 Å². The molecule has 2 aliphatic heterocycles. The van der Waals surface area contributed by atoms with Crippen LogP contribution in [0.15, 0.2) is 18.3 Å². The van der Waals surface area contributed by atoms with Crippen LogP contribution >= 0.6 is 0 Å². The molecule has 3 rings (SSSR count). The summed E-state index contributed by atoms with van der Waals surface area (Å²) in [5, 5.41) is 10.8. The maximum absolute atomic E-state index is 11.8. The van der Waals surface area contributed by atoms with Gasteiger partial charge < -0.3 is 10.8 Å². The Morgan fingerprint density at radius 3 is 2.83 bits per heavy atom. The summed E-state index contributed by atoms with van der Waals surface area (Å²) in [6, 6.07) is 3.81. The third kappa shape index (κ3) is 3.50. The standard InChI is InChI=1S/C15H24N4O3S/c1-23(21,22)19-8-5-15(20)4-7-18(10-13(15)11-19)9-12-3-2-6-17-14(12)16/h2-3,6,13,20H,4-5,7-11H2,1H3,(H2,16,17)/t13-,15-/m0/s1. The molecule has 0 bridgehead atoms. The van der Waals surface area contributed by atoms with Crippen LogP contribution in [0.2, 0.25) is 0 Å². The molecule has 0 aliphatic carbocycles. The largest absolute Gasteiger partial charge is 0.389 e. The first kappa shape index (κ1) is 16.6. The van der Waals surface area contributed by atoms with Gasteiger partial charge in [-0.15, -0.1) is 0 Å². The number of sulfonamides is 1. The molecule has 0 aromatic carbocycles. The number of hydrogen-bond donors (Lipinski definition) is 2. The number of nitrogens with two attached hydrogens (primary N) is 1. The zero-order valence-electron chi connectivity index (χ0n) is 13.4. The van der Waals surface area contributed by atoms with E-state index < -0.39 is 15.6 Å². The highest BCUT2D eigenvalue weighted by Gasteiger charge is 2.46. The molecule has 3 N–H and O–H groups in total. The van der Waals surface area contributed by atoms with Crippen LogP contribution in [0.1, 0.15) is 18.4 Å². The summed E-state index contributed by atoms with van der Waals surface area (Å²) >= 11 is 0. The third-order valence-corrected chi connectivity index (χ3v) is 6.38. The summed E-state index contributed by atoms with van der Waals surface area (Å²) in [5.74, 6) is 0.451. The van der Waals surface area contributed by atoms with Crippen molar-refractivity contribution in [2.75, 3.05) is 38.2 Å². The Hall–Kier alpha value is -1.22. The van der Waals surface area contributed by atoms with Gasteiger partial charge in [0.05, 0.1) is 11.9 Å². The number of nitrogens with zero attached hydrogens (tertiary/aromatic N) is 3. The van der Waals surface area contributed by atoms with E-state index in [4.69, 9.17) is 5.73 Å². The maximum atomic E-state index is 11.8. The molecule has 2 saturated heterocycles. The first-order valence-corrected chi connectivity index (χ1v) is 9.72. The Bertz CT molecular complexity index is 681. The fourth-order valence-electron chi connectivity index (χ4n) is 3.61. The summed E-state index contributed by atoms with van der Waals surface area (Å²) in [7, 11) is -3.21. The molecule has 8 heteroatoms. The smallest absolute Gasteiger partial charge is 0.211 e. The van der Waals surface area contributed by atoms with Gasteiger partial charge in [-0.1, -0.05) is 6.07 Å². The van der Waals surface area contributed by atoms with E-state index in [0.717, 1.165) is 12.1 Å². The highest BCUT2D eigenvalue weighted by atomic mass is 32.2. The summed E-state index contributed by atoms with van der Waals surface area (Å²) < 4.78 is 25.1. The SMILES string of the molecule is CS(=O)(=O)N1CC[C@@]2(O)CCN(Cc3cccnc3N)C[C@H]2C1. The van der Waals surface area contributed by atoms with E-state index in [1.54, 1.807) is 6.20 Å². The first-order chi connectivity index (χ1) is 10.8. The van der Waals surface area contributed by atoms with Gasteiger partial charge >= 0.3 is 0 Å². The molecule has 2 aliphatic rings. The van der Waals surface area contributed by atoms with Gasteiger partial charge in [0.2, 0.25) is 10.0 Å². The highest BCUT2D eigenvalue weighted by molar-refractivity contribution is 7.88. The van der Waals surface area contributed by atoms with E-state index in [9.17, 15) is 13.5 Å². The second-order valence-corrected chi connectivity index (χ2v) is 8.69. The Morgan fingerprint density at radius 1 is 1.39 bits per heavy atom. The Labute approximate surface area is 137 Å². The molecule has 1 aromatic heterocycles. The molecule has 2 fully saturated rings. The molecular weight excluding hydrogens is 316 g/mol. The second-order valence-electron chi connectivity index (χ2n) is 6.70. The van der Waals surface area contributed by atoms with Crippen LogP contribution in [0.5, 0.6) is 0 Å². The van der Waals surface area contributed by atoms with E-state index in [-0.39, 0.29) is 5.92 Å². The van der Waals surface area contributed by atoms with E-state index >= 15 is 0 Å². The van der Waals surface area contributed by atoms with E-state index in [2.05, 4.69) is 9.88 Å². The fourth-order valence-corrected chi connectivity index (χ4v) is 4.48. The molecular formula is C15H24N4O3S. The van der Waals surface area contributed by atoms with Crippen molar-refractivity contribution >= 4 is 15.8 Å². The molecule has 0 unspecified atom stereocenters. The predicted molar refractivity (Wildman–Crippen MR) is 88.0 cm³/mol. The summed E-state index contributed by atoms with van der Waals surface area (Å²) in [6.45, 7) is 2.90. The topological polar surface area (TPSA) is 99.8 Å². The number of likely N-dealkylation sites (tertiary alicyclic amines) is 1. The number of nitrogen functional groups attached to an aromatic ring is 1. The third-order valence-electron chi connectivity index (χ3n) is 5.11. The van der Waals surface area contributed by atoms with Crippen molar-refractivity contribution in [3.8, 4) is 0 Å². The summed E-state index contributed by atoms with van der Waals surface area (Å²) in [4.78, 5) is 6.32. The van der Waals surface area contributed by atoms with Crippen LogP contribution in [-0.2, 0) is 16.6 Å². The number of pyridine rings is 1. The zero-order valence-corrected chi connectivity index (χ0v) is 14.2. The molecule has 0 amide bonds. The van der Waals surface area contributed by atoms with Crippen LogP contribution in [0, 0.1) is 5.92 Å². The fraction of sp³-hybridized carbons (Fsp3) is 0.667. The second kappa shape index (κ2) is 6.01. The van der Waals surface area contributed by atoms with Gasteiger partial charge in [0, 0.05) is 50.4 Å². The van der Waals surface area contributed by atoms with Crippen molar-refractivity contribution < 1.29 is 13.5 Å². The van der Waals surface area contributed by atoms with Gasteiger partial charge in [-0.05, 0) is 18.9 Å². The van der Waals surface area contributed by atoms with Crippen molar-refractivity contribution in [1.82, 2.24) is 14.2 Å². The van der Waals surface area contributed by atoms with Crippen molar-refractivity contribution in [3.05, 3.63) is 23.9 Å². The van der Waals surface area contributed by atoms with Gasteiger partial charge in [0.25, 0.3) is 0 Å². The lowest BCUT2D eigenvalue weighted by Crippen LogP contribution is -2.60. The average molecular weight is 340 g/mol. The number of anilines is 1. The minimum atomic E-state index is -3.21. The minimum absolute atomic E-state index is 0.0716. The molecule has 7 nitrogen and oxygen atoms in total. The molecule has 0 saturated carbocycles. The number of hydrogen-bond acceptors (Lipinski definition) is 6. The monoisotopic (exact) mass is 340 g/mol. The van der Waals surface area contributed by atoms with Gasteiger partial charge in [0.15, 0.2) is 0 Å². The highest BCUT2D eigenvalue weighted by Crippen LogP contribution is 2.36. The first-order valence-electron chi connectivity index (χ1n) is 7.87. The van der Waals surface area contributed by atoms with Gasteiger partial charge in [0.1, 0.15) is 5.82 Å². The van der Waals surface area contributed by atoms with Crippen molar-refractivity contribution in [1.29, 1.82) is 0 Å². The molecule has 1 aromatic rings. The average Bonchev–Trinajstić information content (AvgIpc) is 2.48. The van der Waals surface area contributed by atoms with Crippen molar-refractivity contribution in [2.45, 2.75) is 25.0 Å². The van der Waals surface area contributed by atoms with Crippen LogP contribution in [0.3, 0.4) is 0 Å². The number of fused-ring (bicyclic) bond motifs is 1. The van der Waals surface area contributed by atoms with E-state index in [1.807, 2.05) is 12.1 Å². The Morgan fingerprint density at radius 2 is 2.13 bits per heavy atom. The lowest BCUT2D eigenvalue weighted by molar-refractivity contribution is -0.102. The Kier molecular flexibility index (Phi) is 4.35. The van der Waals surface area contributed by atoms with E-state index in [0.29, 0.717) is 44.8 Å². The van der Waals surface area contributed by atoms with Crippen molar-refractivity contribution in [3.63, 3.8) is 0 Å². The number of piperidine rings is 2. The minimum Gasteiger partial charge on any atom is -0.389 e. The van der Waals surface area contributed by atoms with Gasteiger partial charge in [-0.3, -0.25) is 4.90 Å². The summed E-state index contributed by atoms with van der Waals surface area (Å²) in [6.07, 6.45) is 4.07. The lowest BCUT2D eigenvalue weighted by Gasteiger charge is -2.49. The number of aliphatic hydroxyl groups is 1. The molecule has 23 heavy (non-hydrogen) atoms. The van der Waals surface area contributed by atoms with Crippen molar-refractivity contribution in [2.24, 2.45) is 5.92 Å². The summed E-state index contributed by atoms with van der Waals surface area (Å²) in [5.41, 5.74) is 6.11. The molecule has 0 spiro atoms. The lowest BCUT2D eigenvalue weighted by atomic mass is 9.76. The number of aromatic nitrogens is 1. The van der Waals surface area contributed by atoms with Crippen LogP contribution < -0.4 is 5.73 Å². The molecule has 128 valence electrons. The number of rotatable bonds is 3. The molecule has 2 atom stereocenters. The molecule has 3 heterocycles. The predicted octanol–water partition coefficient (Wildman–Crippen LogP) is -0.118. The van der Waals surface area contributed by atoms with Gasteiger partial charge in [-0.25, -0.2) is 17.7 Å².